The molecule has 130 valence electrons. The van der Waals surface area contributed by atoms with Gasteiger partial charge in [0.25, 0.3) is 0 Å². The number of nitrogens with zero attached hydrogens (tertiary/aromatic N) is 4. The maximum absolute atomic E-state index is 12.2. The van der Waals surface area contributed by atoms with Gasteiger partial charge in [0, 0.05) is 44.2 Å². The Kier molecular flexibility index (Phi) is 4.42. The van der Waals surface area contributed by atoms with Crippen LogP contribution < -0.4 is 4.90 Å². The second kappa shape index (κ2) is 6.69. The minimum Gasteiger partial charge on any atom is -0.356 e. The molecular formula is C19H28N4O. The average Bonchev–Trinajstić information content (AvgIpc) is 3.37. The molecule has 0 N–H and O–H groups in total. The second-order valence-corrected chi connectivity index (χ2v) is 7.63. The zero-order valence-electron chi connectivity index (χ0n) is 14.7. The van der Waals surface area contributed by atoms with E-state index in [2.05, 4.69) is 14.8 Å². The molecule has 0 spiro atoms. The van der Waals surface area contributed by atoms with Crippen molar-refractivity contribution in [1.29, 1.82) is 0 Å². The Hall–Kier alpha value is -1.65. The Morgan fingerprint density at radius 1 is 1.08 bits per heavy atom. The highest BCUT2D eigenvalue weighted by molar-refractivity contribution is 5.74. The van der Waals surface area contributed by atoms with E-state index in [1.165, 1.54) is 32.1 Å². The monoisotopic (exact) mass is 328 g/mol. The summed E-state index contributed by atoms with van der Waals surface area (Å²) in [5.74, 6) is 2.95. The van der Waals surface area contributed by atoms with Gasteiger partial charge in [-0.25, -0.2) is 9.97 Å². The highest BCUT2D eigenvalue weighted by Gasteiger charge is 2.33. The molecule has 0 aromatic carbocycles. The summed E-state index contributed by atoms with van der Waals surface area (Å²) in [4.78, 5) is 26.0. The van der Waals surface area contributed by atoms with Crippen molar-refractivity contribution < 1.29 is 4.79 Å². The third-order valence-electron chi connectivity index (χ3n) is 5.85. The van der Waals surface area contributed by atoms with Crippen molar-refractivity contribution in [2.75, 3.05) is 18.0 Å². The van der Waals surface area contributed by atoms with E-state index < -0.39 is 0 Å². The second-order valence-electron chi connectivity index (χ2n) is 7.63. The molecule has 1 aromatic heterocycles. The topological polar surface area (TPSA) is 49.3 Å². The predicted molar refractivity (Wildman–Crippen MR) is 94.0 cm³/mol. The number of hydrogen-bond donors (Lipinski definition) is 0. The lowest BCUT2D eigenvalue weighted by Gasteiger charge is -2.42. The van der Waals surface area contributed by atoms with Crippen LogP contribution in [-0.2, 0) is 4.79 Å². The van der Waals surface area contributed by atoms with Gasteiger partial charge in [0.15, 0.2) is 0 Å². The van der Waals surface area contributed by atoms with E-state index in [0.29, 0.717) is 18.0 Å². The largest absolute Gasteiger partial charge is 0.356 e. The van der Waals surface area contributed by atoms with Gasteiger partial charge < -0.3 is 9.80 Å². The van der Waals surface area contributed by atoms with Gasteiger partial charge in [-0.1, -0.05) is 0 Å². The van der Waals surface area contributed by atoms with Crippen LogP contribution in [0.2, 0.25) is 0 Å². The fraction of sp³-hybridized carbons (Fsp3) is 0.737. The van der Waals surface area contributed by atoms with Crippen LogP contribution in [0.3, 0.4) is 0 Å². The minimum absolute atomic E-state index is 0.260. The van der Waals surface area contributed by atoms with Crippen LogP contribution >= 0.6 is 0 Å². The highest BCUT2D eigenvalue weighted by atomic mass is 16.2. The minimum atomic E-state index is 0.260. The summed E-state index contributed by atoms with van der Waals surface area (Å²) in [5.41, 5.74) is 0. The standard InChI is InChI=1S/C19H28N4O/c1-14(24)23(16-4-2-5-16)17-6-3-12-22(13-10-17)18-9-11-20-19(21-18)15-7-8-15/h9,11,15-17H,2-8,10,12-13H2,1H3/t17-/m0/s1. The first kappa shape index (κ1) is 15.9. The number of carbonyl (C=O) groups excluding carboxylic acids is 1. The summed E-state index contributed by atoms with van der Waals surface area (Å²) in [6.45, 7) is 3.77. The summed E-state index contributed by atoms with van der Waals surface area (Å²) in [6.07, 6.45) is 11.3. The first-order valence-electron chi connectivity index (χ1n) is 9.59. The van der Waals surface area contributed by atoms with Crippen molar-refractivity contribution >= 4 is 11.7 Å². The lowest BCUT2D eigenvalue weighted by molar-refractivity contribution is -0.136. The maximum atomic E-state index is 12.2. The molecule has 1 amide bonds. The molecule has 5 nitrogen and oxygen atoms in total. The number of aromatic nitrogens is 2. The van der Waals surface area contributed by atoms with E-state index in [-0.39, 0.29) is 5.91 Å². The van der Waals surface area contributed by atoms with Gasteiger partial charge >= 0.3 is 0 Å². The zero-order valence-corrected chi connectivity index (χ0v) is 14.7. The quantitative estimate of drug-likeness (QED) is 0.852. The molecule has 1 saturated heterocycles. The van der Waals surface area contributed by atoms with Gasteiger partial charge in [-0.3, -0.25) is 4.79 Å². The van der Waals surface area contributed by atoms with Crippen LogP contribution in [-0.4, -0.2) is 45.9 Å². The van der Waals surface area contributed by atoms with Crippen LogP contribution in [0, 0.1) is 0 Å². The number of hydrogen-bond acceptors (Lipinski definition) is 4. The van der Waals surface area contributed by atoms with Crippen molar-refractivity contribution in [3.05, 3.63) is 18.1 Å². The summed E-state index contributed by atoms with van der Waals surface area (Å²) in [7, 11) is 0. The third-order valence-corrected chi connectivity index (χ3v) is 5.85. The van der Waals surface area contributed by atoms with Gasteiger partial charge in [-0.15, -0.1) is 0 Å². The zero-order chi connectivity index (χ0) is 16.5. The molecule has 24 heavy (non-hydrogen) atoms. The van der Waals surface area contributed by atoms with E-state index >= 15 is 0 Å². The van der Waals surface area contributed by atoms with Crippen molar-refractivity contribution in [3.63, 3.8) is 0 Å². The van der Waals surface area contributed by atoms with E-state index in [1.807, 2.05) is 12.3 Å². The molecule has 0 unspecified atom stereocenters. The van der Waals surface area contributed by atoms with E-state index in [9.17, 15) is 4.79 Å². The summed E-state index contributed by atoms with van der Waals surface area (Å²) in [6, 6.07) is 2.95. The molecule has 2 aliphatic carbocycles. The smallest absolute Gasteiger partial charge is 0.219 e. The first-order valence-corrected chi connectivity index (χ1v) is 9.59. The highest BCUT2D eigenvalue weighted by Crippen LogP contribution is 2.38. The maximum Gasteiger partial charge on any atom is 0.219 e. The molecule has 2 heterocycles. The van der Waals surface area contributed by atoms with Crippen molar-refractivity contribution in [2.45, 2.75) is 76.3 Å². The number of rotatable bonds is 4. The molecule has 4 rings (SSSR count). The number of amides is 1. The number of anilines is 1. The Labute approximate surface area is 144 Å². The predicted octanol–water partition coefficient (Wildman–Crippen LogP) is 3.11. The Balaban J connectivity index is 1.43. The first-order chi connectivity index (χ1) is 11.7. The van der Waals surface area contributed by atoms with Crippen LogP contribution in [0.4, 0.5) is 5.82 Å². The summed E-state index contributed by atoms with van der Waals surface area (Å²) in [5, 5.41) is 0. The molecule has 0 bridgehead atoms. The van der Waals surface area contributed by atoms with Gasteiger partial charge in [0.1, 0.15) is 11.6 Å². The van der Waals surface area contributed by atoms with Crippen LogP contribution in [0.5, 0.6) is 0 Å². The van der Waals surface area contributed by atoms with Crippen molar-refractivity contribution in [3.8, 4) is 0 Å². The molecule has 3 fully saturated rings. The normalized spacial score (nSPS) is 25.0. The SMILES string of the molecule is CC(=O)N(C1CCC1)[C@H]1CCCN(c2ccnc(C3CC3)n2)CC1. The van der Waals surface area contributed by atoms with E-state index in [0.717, 1.165) is 44.0 Å². The third kappa shape index (κ3) is 3.26. The van der Waals surface area contributed by atoms with Crippen molar-refractivity contribution in [2.24, 2.45) is 0 Å². The van der Waals surface area contributed by atoms with Crippen LogP contribution in [0.1, 0.15) is 70.0 Å². The molecule has 3 aliphatic rings. The van der Waals surface area contributed by atoms with Crippen LogP contribution in [0.15, 0.2) is 12.3 Å². The lowest BCUT2D eigenvalue weighted by atomic mass is 9.89. The van der Waals surface area contributed by atoms with E-state index in [4.69, 9.17) is 4.98 Å². The Morgan fingerprint density at radius 2 is 1.83 bits per heavy atom. The van der Waals surface area contributed by atoms with E-state index in [1.54, 1.807) is 6.92 Å². The fourth-order valence-electron chi connectivity index (χ4n) is 4.14. The van der Waals surface area contributed by atoms with Gasteiger partial charge in [0.2, 0.25) is 5.91 Å². The fourth-order valence-corrected chi connectivity index (χ4v) is 4.14. The number of carbonyl (C=O) groups is 1. The van der Waals surface area contributed by atoms with Gasteiger partial charge in [-0.2, -0.15) is 0 Å². The molecular weight excluding hydrogens is 300 g/mol. The molecule has 0 radical (unpaired) electrons. The molecule has 1 aromatic rings. The summed E-state index contributed by atoms with van der Waals surface area (Å²) >= 11 is 0. The Bertz CT molecular complexity index is 597. The van der Waals surface area contributed by atoms with Gasteiger partial charge in [-0.05, 0) is 57.4 Å². The average molecular weight is 328 g/mol. The Morgan fingerprint density at radius 3 is 2.50 bits per heavy atom. The van der Waals surface area contributed by atoms with Crippen LogP contribution in [0.25, 0.3) is 0 Å². The molecule has 1 aliphatic heterocycles. The summed E-state index contributed by atoms with van der Waals surface area (Å²) < 4.78 is 0. The molecule has 5 heteroatoms. The molecule has 1 atom stereocenters. The van der Waals surface area contributed by atoms with Gasteiger partial charge in [0.05, 0.1) is 0 Å². The molecule has 2 saturated carbocycles. The van der Waals surface area contributed by atoms with Crippen molar-refractivity contribution in [1.82, 2.24) is 14.9 Å². The lowest BCUT2D eigenvalue weighted by Crippen LogP contribution is -2.49.